The molecule has 2 aromatic rings. The molecule has 1 heterocycles. The third kappa shape index (κ3) is 3.02. The third-order valence-corrected chi connectivity index (χ3v) is 4.10. The van der Waals surface area contributed by atoms with E-state index in [0.717, 1.165) is 27.7 Å². The van der Waals surface area contributed by atoms with E-state index in [0.29, 0.717) is 0 Å². The summed E-state index contributed by atoms with van der Waals surface area (Å²) in [6, 6.07) is 20.5. The summed E-state index contributed by atoms with van der Waals surface area (Å²) in [5.41, 5.74) is 2.79. The standard InChI is InChI=1S/C18H16INO/c19-13-7-12-18(16-10-5-2-6-11-16)14-17(20-21-18)15-8-3-1-4-9-15/h1-12H,13-14H2/b12-7+/t18-/m1/s1. The number of rotatable bonds is 4. The van der Waals surface area contributed by atoms with Gasteiger partial charge in [0.15, 0.2) is 5.60 Å². The number of allylic oxidation sites excluding steroid dienone is 1. The molecule has 3 rings (SSSR count). The van der Waals surface area contributed by atoms with E-state index >= 15 is 0 Å². The van der Waals surface area contributed by atoms with Crippen molar-refractivity contribution in [3.8, 4) is 0 Å². The minimum atomic E-state index is -0.475. The molecule has 0 radical (unpaired) electrons. The Kier molecular flexibility index (Phi) is 4.39. The van der Waals surface area contributed by atoms with Crippen molar-refractivity contribution >= 4 is 28.3 Å². The summed E-state index contributed by atoms with van der Waals surface area (Å²) in [6.07, 6.45) is 5.03. The van der Waals surface area contributed by atoms with E-state index in [1.54, 1.807) is 0 Å². The van der Waals surface area contributed by atoms with Crippen LogP contribution in [-0.2, 0) is 10.4 Å². The molecule has 0 aromatic heterocycles. The van der Waals surface area contributed by atoms with Gasteiger partial charge in [0.2, 0.25) is 0 Å². The van der Waals surface area contributed by atoms with Crippen LogP contribution in [0.3, 0.4) is 0 Å². The van der Waals surface area contributed by atoms with Gasteiger partial charge in [0.25, 0.3) is 0 Å². The summed E-state index contributed by atoms with van der Waals surface area (Å²) in [7, 11) is 0. The molecular formula is C18H16INO. The summed E-state index contributed by atoms with van der Waals surface area (Å²) in [5, 5.41) is 4.35. The number of alkyl halides is 1. The molecule has 1 atom stereocenters. The Morgan fingerprint density at radius 2 is 1.71 bits per heavy atom. The monoisotopic (exact) mass is 389 g/mol. The van der Waals surface area contributed by atoms with Crippen LogP contribution in [-0.4, -0.2) is 10.1 Å². The maximum Gasteiger partial charge on any atom is 0.186 e. The zero-order valence-electron chi connectivity index (χ0n) is 11.6. The van der Waals surface area contributed by atoms with Crippen molar-refractivity contribution in [2.24, 2.45) is 5.16 Å². The molecule has 0 saturated carbocycles. The van der Waals surface area contributed by atoms with Crippen molar-refractivity contribution in [2.45, 2.75) is 12.0 Å². The Bertz CT molecular complexity index is 651. The highest BCUT2D eigenvalue weighted by molar-refractivity contribution is 14.1. The van der Waals surface area contributed by atoms with Gasteiger partial charge in [-0.05, 0) is 11.6 Å². The van der Waals surface area contributed by atoms with Crippen molar-refractivity contribution < 1.29 is 4.84 Å². The highest BCUT2D eigenvalue weighted by atomic mass is 127. The fraction of sp³-hybridized carbons (Fsp3) is 0.167. The minimum absolute atomic E-state index is 0.475. The molecule has 21 heavy (non-hydrogen) atoms. The largest absolute Gasteiger partial charge is 0.379 e. The molecule has 1 aliphatic rings. The van der Waals surface area contributed by atoms with Gasteiger partial charge in [-0.1, -0.05) is 94.5 Å². The molecule has 106 valence electrons. The van der Waals surface area contributed by atoms with Crippen LogP contribution >= 0.6 is 22.6 Å². The van der Waals surface area contributed by atoms with Crippen molar-refractivity contribution in [3.63, 3.8) is 0 Å². The van der Waals surface area contributed by atoms with Crippen LogP contribution in [0.2, 0.25) is 0 Å². The minimum Gasteiger partial charge on any atom is -0.379 e. The average molecular weight is 389 g/mol. The van der Waals surface area contributed by atoms with Crippen LogP contribution in [0, 0.1) is 0 Å². The van der Waals surface area contributed by atoms with Crippen LogP contribution in [0.5, 0.6) is 0 Å². The second-order valence-corrected chi connectivity index (χ2v) is 5.87. The molecular weight excluding hydrogens is 373 g/mol. The van der Waals surface area contributed by atoms with Crippen LogP contribution in [0.1, 0.15) is 17.5 Å². The topological polar surface area (TPSA) is 21.6 Å². The first-order chi connectivity index (χ1) is 10.3. The molecule has 0 amide bonds. The van der Waals surface area contributed by atoms with Crippen LogP contribution in [0.4, 0.5) is 0 Å². The molecule has 0 spiro atoms. The quantitative estimate of drug-likeness (QED) is 0.422. The van der Waals surface area contributed by atoms with Crippen molar-refractivity contribution in [1.29, 1.82) is 0 Å². The Morgan fingerprint density at radius 1 is 1.05 bits per heavy atom. The summed E-state index contributed by atoms with van der Waals surface area (Å²) in [6.45, 7) is 0. The van der Waals surface area contributed by atoms with Gasteiger partial charge in [-0.15, -0.1) is 0 Å². The van der Waals surface area contributed by atoms with Gasteiger partial charge in [0.05, 0.1) is 5.71 Å². The van der Waals surface area contributed by atoms with E-state index in [2.05, 4.69) is 64.2 Å². The molecule has 0 fully saturated rings. The molecule has 2 nitrogen and oxygen atoms in total. The summed E-state index contributed by atoms with van der Waals surface area (Å²) in [5.74, 6) is 0. The Hall–Kier alpha value is -1.62. The van der Waals surface area contributed by atoms with Gasteiger partial charge in [0.1, 0.15) is 0 Å². The fourth-order valence-electron chi connectivity index (χ4n) is 2.53. The molecule has 0 unspecified atom stereocenters. The Labute approximate surface area is 138 Å². The van der Waals surface area contributed by atoms with Crippen LogP contribution < -0.4 is 0 Å². The number of benzene rings is 2. The maximum atomic E-state index is 5.89. The predicted octanol–water partition coefficient (Wildman–Crippen LogP) is 4.70. The molecule has 1 aliphatic heterocycles. The molecule has 0 bridgehead atoms. The van der Waals surface area contributed by atoms with Crippen LogP contribution in [0.15, 0.2) is 78.0 Å². The van der Waals surface area contributed by atoms with E-state index < -0.39 is 5.60 Å². The number of halogens is 1. The lowest BCUT2D eigenvalue weighted by Crippen LogP contribution is -2.23. The highest BCUT2D eigenvalue weighted by Gasteiger charge is 2.38. The maximum absolute atomic E-state index is 5.89. The van der Waals surface area contributed by atoms with E-state index in [1.807, 2.05) is 36.4 Å². The zero-order valence-corrected chi connectivity index (χ0v) is 13.7. The first-order valence-corrected chi connectivity index (χ1v) is 8.46. The van der Waals surface area contributed by atoms with Gasteiger partial charge in [0, 0.05) is 16.4 Å². The third-order valence-electron chi connectivity index (χ3n) is 3.59. The normalized spacial score (nSPS) is 21.3. The Morgan fingerprint density at radius 3 is 2.38 bits per heavy atom. The number of hydrogen-bond acceptors (Lipinski definition) is 2. The van der Waals surface area contributed by atoms with Crippen LogP contribution in [0.25, 0.3) is 0 Å². The summed E-state index contributed by atoms with van der Waals surface area (Å²) in [4.78, 5) is 5.89. The fourth-order valence-corrected chi connectivity index (χ4v) is 2.78. The lowest BCUT2D eigenvalue weighted by Gasteiger charge is -2.23. The zero-order chi connectivity index (χ0) is 14.5. The van der Waals surface area contributed by atoms with E-state index in [4.69, 9.17) is 4.84 Å². The van der Waals surface area contributed by atoms with Gasteiger partial charge < -0.3 is 4.84 Å². The van der Waals surface area contributed by atoms with Gasteiger partial charge in [-0.3, -0.25) is 0 Å². The van der Waals surface area contributed by atoms with E-state index in [1.165, 1.54) is 0 Å². The first-order valence-electron chi connectivity index (χ1n) is 6.94. The second kappa shape index (κ2) is 6.43. The van der Waals surface area contributed by atoms with Gasteiger partial charge in [-0.25, -0.2) is 0 Å². The van der Waals surface area contributed by atoms with Gasteiger partial charge >= 0.3 is 0 Å². The lowest BCUT2D eigenvalue weighted by molar-refractivity contribution is 0.0177. The van der Waals surface area contributed by atoms with E-state index in [9.17, 15) is 0 Å². The average Bonchev–Trinajstić information content (AvgIpc) is 3.00. The SMILES string of the molecule is IC/C=C/[C@]1(c2ccccc2)CC(c2ccccc2)=NO1. The smallest absolute Gasteiger partial charge is 0.186 e. The number of oxime groups is 1. The summed E-state index contributed by atoms with van der Waals surface area (Å²) >= 11 is 2.34. The molecule has 2 aromatic carbocycles. The van der Waals surface area contributed by atoms with E-state index in [-0.39, 0.29) is 0 Å². The van der Waals surface area contributed by atoms with Crippen molar-refractivity contribution in [3.05, 3.63) is 83.9 Å². The van der Waals surface area contributed by atoms with Crippen molar-refractivity contribution in [2.75, 3.05) is 4.43 Å². The second-order valence-electron chi connectivity index (χ2n) is 4.98. The molecule has 3 heteroatoms. The molecule has 0 aliphatic carbocycles. The lowest BCUT2D eigenvalue weighted by atomic mass is 9.87. The predicted molar refractivity (Wildman–Crippen MR) is 94.8 cm³/mol. The summed E-state index contributed by atoms with van der Waals surface area (Å²) < 4.78 is 0.955. The first kappa shape index (κ1) is 14.3. The van der Waals surface area contributed by atoms with Gasteiger partial charge in [-0.2, -0.15) is 0 Å². The Balaban J connectivity index is 1.93. The van der Waals surface area contributed by atoms with Crippen molar-refractivity contribution in [1.82, 2.24) is 0 Å². The molecule has 0 saturated heterocycles. The highest BCUT2D eigenvalue weighted by Crippen LogP contribution is 2.37. The molecule has 0 N–H and O–H groups in total. The number of nitrogens with zero attached hydrogens (tertiary/aromatic N) is 1. The number of hydrogen-bond donors (Lipinski definition) is 0.